The minimum atomic E-state index is -1.08. The highest BCUT2D eigenvalue weighted by Crippen LogP contribution is 2.33. The van der Waals surface area contributed by atoms with Crippen LogP contribution in [0.3, 0.4) is 0 Å². The summed E-state index contributed by atoms with van der Waals surface area (Å²) in [6.07, 6.45) is 3.44. The molecule has 1 unspecified atom stereocenters. The van der Waals surface area contributed by atoms with E-state index in [4.69, 9.17) is 5.11 Å². The molecule has 1 fully saturated rings. The van der Waals surface area contributed by atoms with Gasteiger partial charge in [0.15, 0.2) is 0 Å². The van der Waals surface area contributed by atoms with Crippen LogP contribution in [0.5, 0.6) is 0 Å². The van der Waals surface area contributed by atoms with Crippen molar-refractivity contribution >= 4 is 33.6 Å². The van der Waals surface area contributed by atoms with Gasteiger partial charge in [-0.15, -0.1) is 0 Å². The molecule has 20 heavy (non-hydrogen) atoms. The lowest BCUT2D eigenvalue weighted by Gasteiger charge is -2.16. The van der Waals surface area contributed by atoms with Gasteiger partial charge in [0.1, 0.15) is 0 Å². The zero-order chi connectivity index (χ0) is 14.7. The lowest BCUT2D eigenvalue weighted by molar-refractivity contribution is 0.0698. The normalized spacial score (nSPS) is 15.5. The number of aromatic carboxylic acids is 1. The predicted octanol–water partition coefficient (Wildman–Crippen LogP) is 3.46. The van der Waals surface area contributed by atoms with Gasteiger partial charge in [-0.25, -0.2) is 9.59 Å². The van der Waals surface area contributed by atoms with Crippen molar-refractivity contribution in [2.24, 2.45) is 5.92 Å². The topological polar surface area (TPSA) is 78.4 Å². The molecule has 3 N–H and O–H groups in total. The lowest BCUT2D eigenvalue weighted by atomic mass is 10.1. The van der Waals surface area contributed by atoms with Crippen molar-refractivity contribution in [1.29, 1.82) is 0 Å². The second kappa shape index (κ2) is 6.26. The highest BCUT2D eigenvalue weighted by Gasteiger charge is 2.24. The SMILES string of the molecule is CC(CC1CC1)NC(=O)Nc1c(Br)cccc1C(=O)O. The van der Waals surface area contributed by atoms with Crippen molar-refractivity contribution in [2.45, 2.75) is 32.2 Å². The van der Waals surface area contributed by atoms with Crippen molar-refractivity contribution in [1.82, 2.24) is 5.32 Å². The Hall–Kier alpha value is -1.56. The molecule has 5 nitrogen and oxygen atoms in total. The molecule has 1 aromatic carbocycles. The first-order chi connectivity index (χ1) is 9.47. The highest BCUT2D eigenvalue weighted by atomic mass is 79.9. The van der Waals surface area contributed by atoms with Gasteiger partial charge >= 0.3 is 12.0 Å². The van der Waals surface area contributed by atoms with Crippen LogP contribution >= 0.6 is 15.9 Å². The van der Waals surface area contributed by atoms with Crippen LogP contribution in [0.15, 0.2) is 22.7 Å². The molecule has 108 valence electrons. The first-order valence-electron chi connectivity index (χ1n) is 6.56. The molecule has 0 spiro atoms. The number of rotatable bonds is 5. The minimum Gasteiger partial charge on any atom is -0.478 e. The predicted molar refractivity (Wildman–Crippen MR) is 80.1 cm³/mol. The van der Waals surface area contributed by atoms with E-state index in [1.54, 1.807) is 12.1 Å². The number of anilines is 1. The summed E-state index contributed by atoms with van der Waals surface area (Å²) < 4.78 is 0.544. The molecule has 1 atom stereocenters. The standard InChI is InChI=1S/C14H17BrN2O3/c1-8(7-9-5-6-9)16-14(20)17-12-10(13(18)19)3-2-4-11(12)15/h2-4,8-9H,5-7H2,1H3,(H,18,19)(H2,16,17,20). The van der Waals surface area contributed by atoms with Crippen LogP contribution in [0.2, 0.25) is 0 Å². The third kappa shape index (κ3) is 3.96. The zero-order valence-electron chi connectivity index (χ0n) is 11.1. The van der Waals surface area contributed by atoms with Gasteiger partial charge in [0.05, 0.1) is 11.3 Å². The van der Waals surface area contributed by atoms with Crippen LogP contribution in [0.25, 0.3) is 0 Å². The van der Waals surface area contributed by atoms with Crippen LogP contribution in [0.1, 0.15) is 36.5 Å². The molecule has 0 heterocycles. The fourth-order valence-corrected chi connectivity index (χ4v) is 2.58. The van der Waals surface area contributed by atoms with E-state index in [0.29, 0.717) is 4.47 Å². The fourth-order valence-electron chi connectivity index (χ4n) is 2.12. The molecule has 1 aromatic rings. The van der Waals surface area contributed by atoms with Crippen LogP contribution < -0.4 is 10.6 Å². The van der Waals surface area contributed by atoms with Crippen LogP contribution in [0.4, 0.5) is 10.5 Å². The Bertz CT molecular complexity index is 529. The average molecular weight is 341 g/mol. The van der Waals surface area contributed by atoms with Gasteiger partial charge in [0.2, 0.25) is 0 Å². The molecule has 0 aromatic heterocycles. The second-order valence-corrected chi connectivity index (χ2v) is 6.00. The maximum Gasteiger partial charge on any atom is 0.337 e. The van der Waals surface area contributed by atoms with E-state index in [0.717, 1.165) is 12.3 Å². The van der Waals surface area contributed by atoms with Crippen molar-refractivity contribution in [2.75, 3.05) is 5.32 Å². The van der Waals surface area contributed by atoms with Gasteiger partial charge in [-0.3, -0.25) is 0 Å². The summed E-state index contributed by atoms with van der Waals surface area (Å²) in [7, 11) is 0. The number of carboxylic acid groups (broad SMARTS) is 1. The summed E-state index contributed by atoms with van der Waals surface area (Å²) in [5.41, 5.74) is 0.334. The Morgan fingerprint density at radius 1 is 1.45 bits per heavy atom. The van der Waals surface area contributed by atoms with Gasteiger partial charge in [0.25, 0.3) is 0 Å². The third-order valence-corrected chi connectivity index (χ3v) is 3.90. The summed E-state index contributed by atoms with van der Waals surface area (Å²) in [5.74, 6) is -0.351. The first kappa shape index (κ1) is 14.8. The number of hydrogen-bond donors (Lipinski definition) is 3. The molecule has 1 aliphatic rings. The van der Waals surface area contributed by atoms with Gasteiger partial charge in [-0.2, -0.15) is 0 Å². The number of urea groups is 1. The molecule has 1 saturated carbocycles. The van der Waals surface area contributed by atoms with E-state index in [9.17, 15) is 9.59 Å². The molecule has 0 saturated heterocycles. The number of hydrogen-bond acceptors (Lipinski definition) is 2. The Labute approximate surface area is 125 Å². The fraction of sp³-hybridized carbons (Fsp3) is 0.429. The largest absolute Gasteiger partial charge is 0.478 e. The van der Waals surface area contributed by atoms with Crippen LogP contribution in [-0.2, 0) is 0 Å². The van der Waals surface area contributed by atoms with Gasteiger partial charge < -0.3 is 15.7 Å². The van der Waals surface area contributed by atoms with E-state index in [1.165, 1.54) is 18.9 Å². The van der Waals surface area contributed by atoms with E-state index < -0.39 is 5.97 Å². The van der Waals surface area contributed by atoms with E-state index in [2.05, 4.69) is 26.6 Å². The first-order valence-corrected chi connectivity index (χ1v) is 7.36. The monoisotopic (exact) mass is 340 g/mol. The summed E-state index contributed by atoms with van der Waals surface area (Å²) in [6, 6.07) is 4.46. The van der Waals surface area contributed by atoms with Crippen molar-refractivity contribution in [3.05, 3.63) is 28.2 Å². The zero-order valence-corrected chi connectivity index (χ0v) is 12.7. The Morgan fingerprint density at radius 3 is 2.75 bits per heavy atom. The molecular weight excluding hydrogens is 324 g/mol. The van der Waals surface area contributed by atoms with Crippen molar-refractivity contribution in [3.63, 3.8) is 0 Å². The van der Waals surface area contributed by atoms with E-state index in [1.807, 2.05) is 6.92 Å². The summed E-state index contributed by atoms with van der Waals surface area (Å²) in [6.45, 7) is 1.95. The number of amides is 2. The van der Waals surface area contributed by atoms with Gasteiger partial charge in [0, 0.05) is 10.5 Å². The average Bonchev–Trinajstić information content (AvgIpc) is 3.14. The highest BCUT2D eigenvalue weighted by molar-refractivity contribution is 9.10. The molecule has 0 radical (unpaired) electrons. The quantitative estimate of drug-likeness (QED) is 0.767. The maximum atomic E-state index is 11.9. The Morgan fingerprint density at radius 2 is 2.15 bits per heavy atom. The molecular formula is C14H17BrN2O3. The Balaban J connectivity index is 2.01. The third-order valence-electron chi connectivity index (χ3n) is 3.24. The molecule has 0 bridgehead atoms. The van der Waals surface area contributed by atoms with E-state index >= 15 is 0 Å². The Kier molecular flexibility index (Phi) is 4.65. The number of halogens is 1. The number of carbonyl (C=O) groups excluding carboxylic acids is 1. The minimum absolute atomic E-state index is 0.0596. The molecule has 0 aliphatic heterocycles. The number of benzene rings is 1. The van der Waals surface area contributed by atoms with Gasteiger partial charge in [-0.05, 0) is 47.3 Å². The van der Waals surface area contributed by atoms with Crippen molar-refractivity contribution in [3.8, 4) is 0 Å². The number of nitrogens with one attached hydrogen (secondary N) is 2. The molecule has 6 heteroatoms. The summed E-state index contributed by atoms with van der Waals surface area (Å²) in [5, 5.41) is 14.6. The maximum absolute atomic E-state index is 11.9. The molecule has 2 amide bonds. The number of para-hydroxylation sites is 1. The van der Waals surface area contributed by atoms with Crippen LogP contribution in [0, 0.1) is 5.92 Å². The smallest absolute Gasteiger partial charge is 0.337 e. The number of carboxylic acids is 1. The second-order valence-electron chi connectivity index (χ2n) is 5.15. The molecule has 2 rings (SSSR count). The number of carbonyl (C=O) groups is 2. The molecule has 1 aliphatic carbocycles. The van der Waals surface area contributed by atoms with E-state index in [-0.39, 0.29) is 23.3 Å². The van der Waals surface area contributed by atoms with Gasteiger partial charge in [-0.1, -0.05) is 18.9 Å². The summed E-state index contributed by atoms with van der Waals surface area (Å²) in [4.78, 5) is 23.1. The van der Waals surface area contributed by atoms with Crippen molar-refractivity contribution < 1.29 is 14.7 Å². The summed E-state index contributed by atoms with van der Waals surface area (Å²) >= 11 is 3.25. The lowest BCUT2D eigenvalue weighted by Crippen LogP contribution is -2.36. The van der Waals surface area contributed by atoms with Crippen LogP contribution in [-0.4, -0.2) is 23.1 Å².